The Morgan fingerprint density at radius 1 is 0.327 bits per heavy atom. The predicted molar refractivity (Wildman–Crippen MR) is 219 cm³/mol. The van der Waals surface area contributed by atoms with Gasteiger partial charge in [0.1, 0.15) is 0 Å². The summed E-state index contributed by atoms with van der Waals surface area (Å²) in [6, 6.07) is 73.5. The number of benzene rings is 8. The molecule has 0 spiro atoms. The summed E-state index contributed by atoms with van der Waals surface area (Å²) in [5.74, 6) is 0. The third-order valence-electron chi connectivity index (χ3n) is 10.4. The van der Waals surface area contributed by atoms with E-state index in [1.807, 2.05) is 23.5 Å². The Kier molecular flexibility index (Phi) is 7.63. The van der Waals surface area contributed by atoms with Crippen molar-refractivity contribution in [3.05, 3.63) is 222 Å². The lowest BCUT2D eigenvalue weighted by atomic mass is 9.66. The molecule has 8 aromatic rings. The smallest absolute Gasteiger partial charge is 0.0719 e. The van der Waals surface area contributed by atoms with Gasteiger partial charge in [0.2, 0.25) is 0 Å². The monoisotopic (exact) mass is 699 g/mol. The number of fused-ring (bicyclic) bond motifs is 5. The second-order valence-electron chi connectivity index (χ2n) is 13.3. The molecule has 0 amide bonds. The summed E-state index contributed by atoms with van der Waals surface area (Å²) in [5.41, 5.74) is 13.1. The van der Waals surface area contributed by atoms with Crippen LogP contribution in [-0.2, 0) is 5.41 Å². The van der Waals surface area contributed by atoms with E-state index in [0.29, 0.717) is 0 Å². The quantitative estimate of drug-likeness (QED) is 0.170. The van der Waals surface area contributed by atoms with Gasteiger partial charge in [-0.25, -0.2) is 0 Å². The van der Waals surface area contributed by atoms with E-state index in [1.165, 1.54) is 64.1 Å². The van der Waals surface area contributed by atoms with Gasteiger partial charge in [-0.05, 0) is 99.1 Å². The lowest BCUT2D eigenvalue weighted by Gasteiger charge is -2.35. The number of hydrogen-bond acceptors (Lipinski definition) is 3. The predicted octanol–water partition coefficient (Wildman–Crippen LogP) is 13.8. The van der Waals surface area contributed by atoms with Crippen LogP contribution in [0.1, 0.15) is 22.3 Å². The van der Waals surface area contributed by atoms with Crippen LogP contribution in [0, 0.1) is 0 Å². The molecule has 0 bridgehead atoms. The fourth-order valence-electron chi connectivity index (χ4n) is 8.23. The van der Waals surface area contributed by atoms with E-state index in [-0.39, 0.29) is 0 Å². The van der Waals surface area contributed by atoms with Gasteiger partial charge in [0.15, 0.2) is 0 Å². The van der Waals surface area contributed by atoms with Gasteiger partial charge in [0.25, 0.3) is 0 Å². The van der Waals surface area contributed by atoms with Crippen LogP contribution in [0.15, 0.2) is 220 Å². The van der Waals surface area contributed by atoms with Gasteiger partial charge in [-0.15, -0.1) is 0 Å². The molecule has 8 aromatic carbocycles. The largest absolute Gasteiger partial charge is 0.310 e. The average Bonchev–Trinajstić information content (AvgIpc) is 3.52. The van der Waals surface area contributed by atoms with Gasteiger partial charge < -0.3 is 4.90 Å². The van der Waals surface area contributed by atoms with E-state index >= 15 is 0 Å². The highest BCUT2D eigenvalue weighted by Gasteiger charge is 2.46. The fourth-order valence-corrected chi connectivity index (χ4v) is 10.5. The van der Waals surface area contributed by atoms with Crippen molar-refractivity contribution in [2.24, 2.45) is 0 Å². The Hall–Kier alpha value is -5.74. The van der Waals surface area contributed by atoms with Crippen LogP contribution in [0.25, 0.3) is 22.3 Å². The zero-order valence-corrected chi connectivity index (χ0v) is 29.9. The molecule has 0 saturated carbocycles. The molecule has 0 N–H and O–H groups in total. The summed E-state index contributed by atoms with van der Waals surface area (Å²) in [6.45, 7) is 0. The number of hydrogen-bond donors (Lipinski definition) is 0. The van der Waals surface area contributed by atoms with Gasteiger partial charge in [0.05, 0.1) is 5.41 Å². The molecule has 0 fully saturated rings. The summed E-state index contributed by atoms with van der Waals surface area (Å²) in [4.78, 5) is 7.60. The first-order valence-corrected chi connectivity index (χ1v) is 19.3. The number of rotatable bonds is 6. The van der Waals surface area contributed by atoms with Crippen LogP contribution in [-0.4, -0.2) is 0 Å². The maximum Gasteiger partial charge on any atom is 0.0719 e. The van der Waals surface area contributed by atoms with Crippen LogP contribution in [0.5, 0.6) is 0 Å². The zero-order chi connectivity index (χ0) is 34.5. The first-order valence-electron chi connectivity index (χ1n) is 17.7. The number of anilines is 3. The molecule has 10 rings (SSSR count). The highest BCUT2D eigenvalue weighted by atomic mass is 32.2. The Bertz CT molecular complexity index is 2550. The molecule has 52 heavy (non-hydrogen) atoms. The van der Waals surface area contributed by atoms with E-state index in [0.717, 1.165) is 17.1 Å². The van der Waals surface area contributed by atoms with Crippen molar-refractivity contribution in [2.75, 3.05) is 4.90 Å². The fraction of sp³-hybridized carbons (Fsp3) is 0.0204. The minimum atomic E-state index is -0.482. The van der Waals surface area contributed by atoms with Gasteiger partial charge >= 0.3 is 0 Å². The topological polar surface area (TPSA) is 3.24 Å². The van der Waals surface area contributed by atoms with E-state index in [9.17, 15) is 0 Å². The Labute approximate surface area is 313 Å². The summed E-state index contributed by atoms with van der Waals surface area (Å²) in [6.07, 6.45) is 0. The van der Waals surface area contributed by atoms with Gasteiger partial charge in [0, 0.05) is 36.6 Å². The molecule has 246 valence electrons. The van der Waals surface area contributed by atoms with Crippen LogP contribution in [0.3, 0.4) is 0 Å². The summed E-state index contributed by atoms with van der Waals surface area (Å²) < 4.78 is 0. The van der Waals surface area contributed by atoms with Crippen LogP contribution in [0.4, 0.5) is 17.1 Å². The van der Waals surface area contributed by atoms with E-state index in [2.05, 4.69) is 205 Å². The maximum atomic E-state index is 2.39. The van der Waals surface area contributed by atoms with Crippen molar-refractivity contribution in [3.8, 4) is 22.3 Å². The van der Waals surface area contributed by atoms with E-state index in [4.69, 9.17) is 0 Å². The van der Waals surface area contributed by atoms with Crippen LogP contribution >= 0.6 is 23.5 Å². The molecular weight excluding hydrogens is 667 g/mol. The molecule has 1 aliphatic heterocycles. The zero-order valence-electron chi connectivity index (χ0n) is 28.3. The standard InChI is InChI=1S/C49H33NS2/c1-3-17-35(18-4-1)49(43-26-11-8-23-40(43)41-24-9-12-27-44(41)49)42-25-10-7-22-39(42)34-16-15-21-37(32-34)50(36-19-5-2-6-20-36)38-30-31-47-48(33-38)52-46-29-14-13-28-45(46)51-47/h1-33H. The molecule has 0 saturated heterocycles. The first-order chi connectivity index (χ1) is 25.8. The van der Waals surface area contributed by atoms with E-state index < -0.39 is 5.41 Å². The second kappa shape index (κ2) is 12.8. The third kappa shape index (κ3) is 4.96. The molecule has 0 unspecified atom stereocenters. The van der Waals surface area contributed by atoms with Crippen molar-refractivity contribution in [1.82, 2.24) is 0 Å². The molecule has 2 aliphatic rings. The summed E-state index contributed by atoms with van der Waals surface area (Å²) >= 11 is 3.72. The molecule has 1 aliphatic carbocycles. The maximum absolute atomic E-state index is 2.39. The summed E-state index contributed by atoms with van der Waals surface area (Å²) in [5, 5.41) is 0. The average molecular weight is 700 g/mol. The van der Waals surface area contributed by atoms with Gasteiger partial charge in [-0.3, -0.25) is 0 Å². The molecule has 3 heteroatoms. The molecule has 1 heterocycles. The van der Waals surface area contributed by atoms with Crippen molar-refractivity contribution >= 4 is 40.6 Å². The molecule has 0 radical (unpaired) electrons. The Morgan fingerprint density at radius 2 is 0.808 bits per heavy atom. The van der Waals surface area contributed by atoms with Gasteiger partial charge in [-0.2, -0.15) is 0 Å². The van der Waals surface area contributed by atoms with Crippen molar-refractivity contribution in [3.63, 3.8) is 0 Å². The minimum Gasteiger partial charge on any atom is -0.310 e. The first kappa shape index (κ1) is 31.0. The Morgan fingerprint density at radius 3 is 1.48 bits per heavy atom. The molecule has 0 aromatic heterocycles. The SMILES string of the molecule is c1ccc(N(c2cccc(-c3ccccc3C3(c4ccccc4)c4ccccc4-c4ccccc43)c2)c2ccc3c(c2)Sc2ccccc2S3)cc1. The van der Waals surface area contributed by atoms with Crippen LogP contribution in [0.2, 0.25) is 0 Å². The highest BCUT2D eigenvalue weighted by molar-refractivity contribution is 8.05. The number of nitrogens with zero attached hydrogens (tertiary/aromatic N) is 1. The lowest BCUT2D eigenvalue weighted by Crippen LogP contribution is -2.29. The second-order valence-corrected chi connectivity index (χ2v) is 15.4. The lowest BCUT2D eigenvalue weighted by molar-refractivity contribution is 0.770. The normalized spacial score (nSPS) is 13.4. The van der Waals surface area contributed by atoms with Gasteiger partial charge in [-0.1, -0.05) is 169 Å². The van der Waals surface area contributed by atoms with Crippen molar-refractivity contribution < 1.29 is 0 Å². The number of para-hydroxylation sites is 1. The third-order valence-corrected chi connectivity index (χ3v) is 12.9. The Balaban J connectivity index is 1.16. The molecular formula is C49H33NS2. The van der Waals surface area contributed by atoms with Crippen molar-refractivity contribution in [2.45, 2.75) is 25.0 Å². The van der Waals surface area contributed by atoms with Crippen molar-refractivity contribution in [1.29, 1.82) is 0 Å². The highest BCUT2D eigenvalue weighted by Crippen LogP contribution is 2.58. The summed E-state index contributed by atoms with van der Waals surface area (Å²) in [7, 11) is 0. The molecule has 1 nitrogen and oxygen atoms in total. The minimum absolute atomic E-state index is 0.482. The molecule has 0 atom stereocenters. The van der Waals surface area contributed by atoms with Crippen LogP contribution < -0.4 is 4.90 Å². The van der Waals surface area contributed by atoms with E-state index in [1.54, 1.807) is 0 Å².